The Morgan fingerprint density at radius 1 is 1.33 bits per heavy atom. The van der Waals surface area contributed by atoms with Crippen molar-refractivity contribution in [2.75, 3.05) is 11.9 Å². The van der Waals surface area contributed by atoms with E-state index in [1.54, 1.807) is 56.6 Å². The molecular weight excluding hydrogens is 268 g/mol. The average molecular weight is 284 g/mol. The molecule has 1 heterocycles. The highest BCUT2D eigenvalue weighted by atomic mass is 16.4. The van der Waals surface area contributed by atoms with Crippen LogP contribution in [-0.4, -0.2) is 29.0 Å². The Labute approximate surface area is 122 Å². The Morgan fingerprint density at radius 2 is 2.10 bits per heavy atom. The molecular formula is C15H16N4O2. The second kappa shape index (κ2) is 6.04. The quantitative estimate of drug-likeness (QED) is 0.389. The number of rotatable bonds is 3. The molecule has 6 heteroatoms. The lowest BCUT2D eigenvalue weighted by Crippen LogP contribution is -2.27. The fraction of sp³-hybridized carbons (Fsp3) is 0.133. The molecule has 0 fully saturated rings. The van der Waals surface area contributed by atoms with Gasteiger partial charge >= 0.3 is 0 Å². The summed E-state index contributed by atoms with van der Waals surface area (Å²) in [6, 6.07) is 10.3. The molecule has 1 aromatic carbocycles. The zero-order valence-electron chi connectivity index (χ0n) is 11.8. The maximum atomic E-state index is 12.5. The molecule has 0 aliphatic carbocycles. The summed E-state index contributed by atoms with van der Waals surface area (Å²) in [5.41, 5.74) is 7.95. The van der Waals surface area contributed by atoms with Gasteiger partial charge in [-0.2, -0.15) is 0 Å². The van der Waals surface area contributed by atoms with Crippen molar-refractivity contribution in [2.45, 2.75) is 6.92 Å². The summed E-state index contributed by atoms with van der Waals surface area (Å²) in [5, 5.41) is 11.7. The van der Waals surface area contributed by atoms with Gasteiger partial charge in [-0.05, 0) is 31.2 Å². The number of anilines is 1. The molecule has 0 unspecified atom stereocenters. The average Bonchev–Trinajstić information content (AvgIpc) is 2.53. The van der Waals surface area contributed by atoms with Crippen LogP contribution in [0.1, 0.15) is 21.6 Å². The lowest BCUT2D eigenvalue weighted by Gasteiger charge is -2.18. The zero-order valence-corrected chi connectivity index (χ0v) is 11.8. The number of aromatic nitrogens is 1. The van der Waals surface area contributed by atoms with E-state index < -0.39 is 0 Å². The lowest BCUT2D eigenvalue weighted by atomic mass is 10.1. The molecule has 0 atom stereocenters. The summed E-state index contributed by atoms with van der Waals surface area (Å²) in [7, 11) is 1.67. The number of carbonyl (C=O) groups is 1. The first-order valence-electron chi connectivity index (χ1n) is 6.32. The summed E-state index contributed by atoms with van der Waals surface area (Å²) in [6.45, 7) is 1.79. The highest BCUT2D eigenvalue weighted by molar-refractivity contribution is 6.07. The maximum absolute atomic E-state index is 12.5. The van der Waals surface area contributed by atoms with Crippen molar-refractivity contribution in [1.82, 2.24) is 4.98 Å². The smallest absolute Gasteiger partial charge is 0.259 e. The molecule has 0 bridgehead atoms. The van der Waals surface area contributed by atoms with Gasteiger partial charge in [-0.15, -0.1) is 0 Å². The molecule has 0 spiro atoms. The monoisotopic (exact) mass is 284 g/mol. The number of nitrogens with two attached hydrogens (primary N) is 1. The number of aryl methyl sites for hydroxylation is 1. The Bertz CT molecular complexity index is 698. The third-order valence-corrected chi connectivity index (χ3v) is 3.18. The SMILES string of the molecule is Cc1ncccc1C(=O)N(C)c1cccc(/C(N)=N/O)c1. The first kappa shape index (κ1) is 14.5. The third kappa shape index (κ3) is 3.00. The molecule has 21 heavy (non-hydrogen) atoms. The molecule has 6 nitrogen and oxygen atoms in total. The van der Waals surface area contributed by atoms with Crippen molar-refractivity contribution in [3.05, 3.63) is 59.4 Å². The molecule has 1 aromatic heterocycles. The number of carbonyl (C=O) groups excluding carboxylic acids is 1. The molecule has 0 radical (unpaired) electrons. The number of nitrogens with zero attached hydrogens (tertiary/aromatic N) is 3. The van der Waals surface area contributed by atoms with Gasteiger partial charge in [-0.3, -0.25) is 9.78 Å². The third-order valence-electron chi connectivity index (χ3n) is 3.18. The first-order valence-corrected chi connectivity index (χ1v) is 6.32. The summed E-state index contributed by atoms with van der Waals surface area (Å²) in [6.07, 6.45) is 1.64. The van der Waals surface area contributed by atoms with Crippen LogP contribution in [0.25, 0.3) is 0 Å². The number of pyridine rings is 1. The molecule has 1 amide bonds. The van der Waals surface area contributed by atoms with Gasteiger partial charge in [0.1, 0.15) is 0 Å². The molecule has 0 saturated heterocycles. The standard InChI is InChI=1S/C15H16N4O2/c1-10-13(7-4-8-17-10)15(20)19(2)12-6-3-5-11(9-12)14(16)18-21/h3-9,21H,1-2H3,(H2,16,18). The second-order valence-corrected chi connectivity index (χ2v) is 4.54. The minimum atomic E-state index is -0.169. The molecule has 2 rings (SSSR count). The number of amidine groups is 1. The van der Waals surface area contributed by atoms with Crippen molar-refractivity contribution in [3.8, 4) is 0 Å². The Kier molecular flexibility index (Phi) is 4.18. The largest absolute Gasteiger partial charge is 0.409 e. The van der Waals surface area contributed by atoms with Gasteiger partial charge in [0.25, 0.3) is 5.91 Å². The van der Waals surface area contributed by atoms with Crippen LogP contribution in [0.5, 0.6) is 0 Å². The van der Waals surface area contributed by atoms with E-state index in [0.29, 0.717) is 22.5 Å². The topological polar surface area (TPSA) is 91.8 Å². The van der Waals surface area contributed by atoms with Gasteiger partial charge in [-0.25, -0.2) is 0 Å². The number of benzene rings is 1. The highest BCUT2D eigenvalue weighted by Gasteiger charge is 2.16. The predicted molar refractivity (Wildman–Crippen MR) is 80.7 cm³/mol. The van der Waals surface area contributed by atoms with Crippen LogP contribution in [0.4, 0.5) is 5.69 Å². The predicted octanol–water partition coefficient (Wildman–Crippen LogP) is 1.76. The fourth-order valence-electron chi connectivity index (χ4n) is 1.94. The van der Waals surface area contributed by atoms with Crippen molar-refractivity contribution >= 4 is 17.4 Å². The fourth-order valence-corrected chi connectivity index (χ4v) is 1.94. The van der Waals surface area contributed by atoms with E-state index in [0.717, 1.165) is 0 Å². The van der Waals surface area contributed by atoms with Gasteiger partial charge in [-0.1, -0.05) is 17.3 Å². The van der Waals surface area contributed by atoms with Crippen molar-refractivity contribution < 1.29 is 10.0 Å². The zero-order chi connectivity index (χ0) is 15.4. The minimum Gasteiger partial charge on any atom is -0.409 e. The van der Waals surface area contributed by atoms with Crippen LogP contribution in [0.3, 0.4) is 0 Å². The molecule has 108 valence electrons. The van der Waals surface area contributed by atoms with Crippen LogP contribution in [-0.2, 0) is 0 Å². The summed E-state index contributed by atoms with van der Waals surface area (Å²) < 4.78 is 0. The minimum absolute atomic E-state index is 0.00439. The Balaban J connectivity index is 2.34. The molecule has 0 saturated carbocycles. The van der Waals surface area contributed by atoms with Gasteiger partial charge in [0.2, 0.25) is 0 Å². The maximum Gasteiger partial charge on any atom is 0.259 e. The van der Waals surface area contributed by atoms with E-state index in [1.165, 1.54) is 4.90 Å². The van der Waals surface area contributed by atoms with E-state index >= 15 is 0 Å². The molecule has 2 aromatic rings. The first-order chi connectivity index (χ1) is 10.0. The number of oxime groups is 1. The molecule has 0 aliphatic heterocycles. The summed E-state index contributed by atoms with van der Waals surface area (Å²) in [4.78, 5) is 18.1. The van der Waals surface area contributed by atoms with E-state index in [9.17, 15) is 4.79 Å². The van der Waals surface area contributed by atoms with Crippen molar-refractivity contribution in [1.29, 1.82) is 0 Å². The van der Waals surface area contributed by atoms with Crippen LogP contribution in [0.2, 0.25) is 0 Å². The number of amides is 1. The Hall–Kier alpha value is -2.89. The van der Waals surface area contributed by atoms with Gasteiger partial charge in [0, 0.05) is 30.2 Å². The van der Waals surface area contributed by atoms with Gasteiger partial charge in [0.05, 0.1) is 5.56 Å². The number of hydrogen-bond acceptors (Lipinski definition) is 4. The van der Waals surface area contributed by atoms with Crippen LogP contribution < -0.4 is 10.6 Å². The Morgan fingerprint density at radius 3 is 2.76 bits per heavy atom. The van der Waals surface area contributed by atoms with Crippen LogP contribution in [0.15, 0.2) is 47.8 Å². The van der Waals surface area contributed by atoms with E-state index in [2.05, 4.69) is 10.1 Å². The summed E-state index contributed by atoms with van der Waals surface area (Å²) in [5.74, 6) is -0.174. The highest BCUT2D eigenvalue weighted by Crippen LogP contribution is 2.18. The number of hydrogen-bond donors (Lipinski definition) is 2. The lowest BCUT2D eigenvalue weighted by molar-refractivity contribution is 0.0992. The van der Waals surface area contributed by atoms with Crippen LogP contribution in [0, 0.1) is 6.92 Å². The van der Waals surface area contributed by atoms with Crippen LogP contribution >= 0.6 is 0 Å². The van der Waals surface area contributed by atoms with Crippen molar-refractivity contribution in [3.63, 3.8) is 0 Å². The molecule has 3 N–H and O–H groups in total. The normalized spacial score (nSPS) is 11.2. The van der Waals surface area contributed by atoms with Gasteiger partial charge in [0.15, 0.2) is 5.84 Å². The van der Waals surface area contributed by atoms with E-state index in [4.69, 9.17) is 10.9 Å². The van der Waals surface area contributed by atoms with Gasteiger partial charge < -0.3 is 15.8 Å². The van der Waals surface area contributed by atoms with E-state index in [1.807, 2.05) is 0 Å². The van der Waals surface area contributed by atoms with E-state index in [-0.39, 0.29) is 11.7 Å². The summed E-state index contributed by atoms with van der Waals surface area (Å²) >= 11 is 0. The molecule has 0 aliphatic rings. The van der Waals surface area contributed by atoms with Crippen molar-refractivity contribution in [2.24, 2.45) is 10.9 Å². The second-order valence-electron chi connectivity index (χ2n) is 4.54.